The Morgan fingerprint density at radius 3 is 2.89 bits per heavy atom. The summed E-state index contributed by atoms with van der Waals surface area (Å²) in [5.41, 5.74) is 0. The first-order valence-corrected chi connectivity index (χ1v) is 5.25. The lowest BCUT2D eigenvalue weighted by molar-refractivity contribution is 0.841. The number of unbranched alkanes of at least 4 members (excludes halogenated alkanes) is 2. The Morgan fingerprint density at radius 1 is 1.56 bits per heavy atom. The highest BCUT2D eigenvalue weighted by Gasteiger charge is 1.76. The van der Waals surface area contributed by atoms with E-state index in [9.17, 15) is 0 Å². The Morgan fingerprint density at radius 2 is 2.33 bits per heavy atom. The summed E-state index contributed by atoms with van der Waals surface area (Å²) < 4.78 is 0. The lowest BCUT2D eigenvalue weighted by Crippen LogP contribution is -1.75. The maximum atomic E-state index is 4.21. The van der Waals surface area contributed by atoms with Gasteiger partial charge in [0, 0.05) is 0 Å². The van der Waals surface area contributed by atoms with E-state index in [1.54, 1.807) is 0 Å². The second-order valence-corrected chi connectivity index (χ2v) is 3.04. The van der Waals surface area contributed by atoms with Crippen LogP contribution in [0.15, 0.2) is 4.99 Å². The van der Waals surface area contributed by atoms with Gasteiger partial charge in [0.05, 0.1) is 6.29 Å². The number of rotatable bonds is 5. The van der Waals surface area contributed by atoms with Crippen LogP contribution in [0, 0.1) is 0 Å². The van der Waals surface area contributed by atoms with Crippen LogP contribution in [0.4, 0.5) is 0 Å². The van der Waals surface area contributed by atoms with E-state index in [4.69, 9.17) is 0 Å². The van der Waals surface area contributed by atoms with Crippen LogP contribution in [-0.4, -0.2) is 19.2 Å². The average molecular weight is 145 g/mol. The molecule has 1 unspecified atom stereocenters. The van der Waals surface area contributed by atoms with Crippen LogP contribution in [0.1, 0.15) is 26.2 Å². The highest BCUT2D eigenvalue weighted by molar-refractivity contribution is 7.36. The molecule has 0 amide bonds. The first-order valence-electron chi connectivity index (χ1n) is 3.54. The van der Waals surface area contributed by atoms with E-state index in [1.807, 2.05) is 0 Å². The maximum Gasteiger partial charge on any atom is 0.0550 e. The van der Waals surface area contributed by atoms with Crippen molar-refractivity contribution >= 4 is 14.8 Å². The summed E-state index contributed by atoms with van der Waals surface area (Å²) in [6, 6.07) is 0. The summed E-state index contributed by atoms with van der Waals surface area (Å²) >= 11 is 0. The molecule has 0 aliphatic heterocycles. The lowest BCUT2D eigenvalue weighted by atomic mass is 10.3. The zero-order valence-corrected chi connectivity index (χ0v) is 7.35. The van der Waals surface area contributed by atoms with Crippen molar-refractivity contribution in [2.75, 3.05) is 13.0 Å². The van der Waals surface area contributed by atoms with Crippen LogP contribution in [0.25, 0.3) is 0 Å². The summed E-state index contributed by atoms with van der Waals surface area (Å²) in [5, 5.41) is 0. The standard InChI is InChI=1S/C7H16NP/c1-3-4-5-6-8-7-9-2/h6,9H,3-5,7H2,1-2H3/b8-6+. The minimum atomic E-state index is 0.972. The van der Waals surface area contributed by atoms with Gasteiger partial charge in [0.15, 0.2) is 0 Å². The molecule has 0 aliphatic carbocycles. The predicted octanol–water partition coefficient (Wildman–Crippen LogP) is 2.51. The van der Waals surface area contributed by atoms with E-state index < -0.39 is 0 Å². The van der Waals surface area contributed by atoms with Crippen molar-refractivity contribution in [1.82, 2.24) is 0 Å². The van der Waals surface area contributed by atoms with Crippen molar-refractivity contribution in [3.05, 3.63) is 0 Å². The molecule has 0 radical (unpaired) electrons. The lowest BCUT2D eigenvalue weighted by Gasteiger charge is -1.87. The second-order valence-electron chi connectivity index (χ2n) is 2.02. The molecule has 0 rings (SSSR count). The predicted molar refractivity (Wildman–Crippen MR) is 47.1 cm³/mol. The van der Waals surface area contributed by atoms with Crippen LogP contribution >= 0.6 is 8.58 Å². The molecular weight excluding hydrogens is 129 g/mol. The van der Waals surface area contributed by atoms with E-state index in [-0.39, 0.29) is 0 Å². The first-order chi connectivity index (χ1) is 4.41. The summed E-state index contributed by atoms with van der Waals surface area (Å²) in [6.45, 7) is 4.38. The molecule has 0 fully saturated rings. The van der Waals surface area contributed by atoms with Crippen LogP contribution < -0.4 is 0 Å². The van der Waals surface area contributed by atoms with Crippen molar-refractivity contribution in [2.45, 2.75) is 26.2 Å². The average Bonchev–Trinajstić information content (AvgIpc) is 1.89. The maximum absolute atomic E-state index is 4.21. The van der Waals surface area contributed by atoms with Gasteiger partial charge in [-0.15, -0.1) is 8.58 Å². The minimum Gasteiger partial charge on any atom is -0.293 e. The molecule has 2 heteroatoms. The molecule has 0 N–H and O–H groups in total. The minimum absolute atomic E-state index is 0.972. The number of aliphatic imine (C=N–C) groups is 1. The fourth-order valence-electron chi connectivity index (χ4n) is 0.543. The van der Waals surface area contributed by atoms with Gasteiger partial charge in [0.25, 0.3) is 0 Å². The van der Waals surface area contributed by atoms with E-state index in [0.29, 0.717) is 0 Å². The van der Waals surface area contributed by atoms with Gasteiger partial charge in [0.2, 0.25) is 0 Å². The fourth-order valence-corrected chi connectivity index (χ4v) is 0.854. The summed E-state index contributed by atoms with van der Waals surface area (Å²) in [6.07, 6.45) is 6.82. The van der Waals surface area contributed by atoms with Crippen molar-refractivity contribution in [2.24, 2.45) is 4.99 Å². The Labute approximate surface area is 59.7 Å². The number of hydrogen-bond acceptors (Lipinski definition) is 1. The van der Waals surface area contributed by atoms with Gasteiger partial charge < -0.3 is 0 Å². The van der Waals surface area contributed by atoms with E-state index in [0.717, 1.165) is 14.9 Å². The highest BCUT2D eigenvalue weighted by Crippen LogP contribution is 2.00. The topological polar surface area (TPSA) is 12.4 Å². The van der Waals surface area contributed by atoms with E-state index in [2.05, 4.69) is 24.8 Å². The molecule has 9 heavy (non-hydrogen) atoms. The van der Waals surface area contributed by atoms with Gasteiger partial charge in [0.1, 0.15) is 0 Å². The Balaban J connectivity index is 2.86. The molecule has 1 atom stereocenters. The Bertz CT molecular complexity index is 71.3. The third-order valence-corrected chi connectivity index (χ3v) is 1.56. The van der Waals surface area contributed by atoms with Gasteiger partial charge in [-0.1, -0.05) is 13.3 Å². The largest absolute Gasteiger partial charge is 0.293 e. The van der Waals surface area contributed by atoms with Gasteiger partial charge in [-0.25, -0.2) is 0 Å². The van der Waals surface area contributed by atoms with E-state index >= 15 is 0 Å². The summed E-state index contributed by atoms with van der Waals surface area (Å²) in [5.74, 6) is 0. The third-order valence-electron chi connectivity index (χ3n) is 1.07. The molecule has 0 aromatic heterocycles. The van der Waals surface area contributed by atoms with Gasteiger partial charge in [-0.2, -0.15) is 0 Å². The smallest absolute Gasteiger partial charge is 0.0550 e. The molecule has 54 valence electrons. The summed E-state index contributed by atoms with van der Waals surface area (Å²) in [7, 11) is 0.972. The molecular formula is C7H16NP. The fraction of sp³-hybridized carbons (Fsp3) is 0.857. The molecule has 0 saturated carbocycles. The zero-order chi connectivity index (χ0) is 6.95. The second kappa shape index (κ2) is 8.10. The van der Waals surface area contributed by atoms with Gasteiger partial charge in [-0.3, -0.25) is 4.99 Å². The normalized spacial score (nSPS) is 12.2. The van der Waals surface area contributed by atoms with Crippen molar-refractivity contribution < 1.29 is 0 Å². The molecule has 0 bridgehead atoms. The number of hydrogen-bond donors (Lipinski definition) is 0. The highest BCUT2D eigenvalue weighted by atomic mass is 31.1. The van der Waals surface area contributed by atoms with Crippen molar-refractivity contribution in [1.29, 1.82) is 0 Å². The first kappa shape index (κ1) is 9.10. The Hall–Kier alpha value is 0.100. The van der Waals surface area contributed by atoms with Crippen LogP contribution in [0.2, 0.25) is 0 Å². The number of nitrogens with zero attached hydrogens (tertiary/aromatic N) is 1. The quantitative estimate of drug-likeness (QED) is 0.320. The molecule has 0 aromatic rings. The zero-order valence-electron chi connectivity index (χ0n) is 6.35. The van der Waals surface area contributed by atoms with Crippen molar-refractivity contribution in [3.8, 4) is 0 Å². The van der Waals surface area contributed by atoms with Gasteiger partial charge >= 0.3 is 0 Å². The molecule has 0 heterocycles. The van der Waals surface area contributed by atoms with Crippen LogP contribution in [0.3, 0.4) is 0 Å². The van der Waals surface area contributed by atoms with Gasteiger partial charge in [-0.05, 0) is 25.7 Å². The molecule has 0 aliphatic rings. The molecule has 0 saturated heterocycles. The summed E-state index contributed by atoms with van der Waals surface area (Å²) in [4.78, 5) is 4.21. The molecule has 0 spiro atoms. The van der Waals surface area contributed by atoms with E-state index in [1.165, 1.54) is 19.3 Å². The van der Waals surface area contributed by atoms with Crippen molar-refractivity contribution in [3.63, 3.8) is 0 Å². The molecule has 1 nitrogen and oxygen atoms in total. The third kappa shape index (κ3) is 8.10. The van der Waals surface area contributed by atoms with Crippen LogP contribution in [-0.2, 0) is 0 Å². The Kier molecular flexibility index (Phi) is 8.19. The monoisotopic (exact) mass is 145 g/mol. The van der Waals surface area contributed by atoms with Crippen LogP contribution in [0.5, 0.6) is 0 Å². The SMILES string of the molecule is CCCC/C=N/CPC. The molecule has 0 aromatic carbocycles.